The van der Waals surface area contributed by atoms with Gasteiger partial charge in [0.2, 0.25) is 5.91 Å². The van der Waals surface area contributed by atoms with Gasteiger partial charge in [0.15, 0.2) is 5.65 Å². The molecular weight excluding hydrogens is 421 g/mol. The molecule has 10 heteroatoms. The zero-order valence-electron chi connectivity index (χ0n) is 18.7. The van der Waals surface area contributed by atoms with Gasteiger partial charge in [0.25, 0.3) is 0 Å². The normalized spacial score (nSPS) is 17.3. The molecule has 4 heterocycles. The number of hydrogen-bond donors (Lipinski definition) is 0. The number of carbonyl (C=O) groups is 1. The lowest BCUT2D eigenvalue weighted by molar-refractivity contribution is -0.142. The van der Waals surface area contributed by atoms with Crippen LogP contribution >= 0.6 is 0 Å². The van der Waals surface area contributed by atoms with E-state index >= 15 is 0 Å². The first-order chi connectivity index (χ1) is 15.0. The minimum atomic E-state index is -4.52. The second kappa shape index (κ2) is 8.22. The molecule has 1 aliphatic heterocycles. The first kappa shape index (κ1) is 22.3. The van der Waals surface area contributed by atoms with Crippen LogP contribution in [0.1, 0.15) is 59.2 Å². The second-order valence-electron chi connectivity index (χ2n) is 8.57. The Morgan fingerprint density at radius 3 is 2.56 bits per heavy atom. The van der Waals surface area contributed by atoms with E-state index in [2.05, 4.69) is 15.2 Å². The van der Waals surface area contributed by atoms with Crippen LogP contribution in [0, 0.1) is 27.7 Å². The summed E-state index contributed by atoms with van der Waals surface area (Å²) in [6.07, 6.45) is -2.64. The highest BCUT2D eigenvalue weighted by atomic mass is 19.4. The van der Waals surface area contributed by atoms with E-state index in [9.17, 15) is 18.0 Å². The zero-order chi connectivity index (χ0) is 23.2. The summed E-state index contributed by atoms with van der Waals surface area (Å²) in [7, 11) is 0. The largest absolute Gasteiger partial charge is 0.433 e. The SMILES string of the molecule is Cc1cc(C(F)(F)F)n2nc([C@@H]3CCCN(C(=O)CCn4nc(C)c(C)c4C)C3)cc2n1. The first-order valence-electron chi connectivity index (χ1n) is 10.8. The summed E-state index contributed by atoms with van der Waals surface area (Å²) in [5, 5.41) is 8.72. The van der Waals surface area contributed by atoms with Gasteiger partial charge in [-0.05, 0) is 52.2 Å². The molecule has 32 heavy (non-hydrogen) atoms. The van der Waals surface area contributed by atoms with Gasteiger partial charge in [0, 0.05) is 49.4 Å². The minimum absolute atomic E-state index is 0.0219. The molecule has 0 unspecified atom stereocenters. The van der Waals surface area contributed by atoms with Crippen molar-refractivity contribution in [3.8, 4) is 0 Å². The highest BCUT2D eigenvalue weighted by Gasteiger charge is 2.35. The van der Waals surface area contributed by atoms with Crippen LogP contribution in [-0.2, 0) is 17.5 Å². The van der Waals surface area contributed by atoms with E-state index in [1.165, 1.54) is 6.92 Å². The van der Waals surface area contributed by atoms with Crippen molar-refractivity contribution in [2.24, 2.45) is 0 Å². The van der Waals surface area contributed by atoms with Gasteiger partial charge in [-0.25, -0.2) is 9.50 Å². The number of halogens is 3. The maximum absolute atomic E-state index is 13.4. The van der Waals surface area contributed by atoms with Gasteiger partial charge in [-0.2, -0.15) is 23.4 Å². The van der Waals surface area contributed by atoms with Gasteiger partial charge in [0.05, 0.1) is 11.4 Å². The molecule has 7 nitrogen and oxygen atoms in total. The number of hydrogen-bond acceptors (Lipinski definition) is 4. The standard InChI is InChI=1S/C22H27F3N6O/c1-13-10-19(22(23,24)25)31-20(26-13)11-18(28-31)17-6-5-8-29(12-17)21(32)7-9-30-16(4)14(2)15(3)27-30/h10-11,17H,5-9,12H2,1-4H3/t17-/m1/s1. The van der Waals surface area contributed by atoms with Crippen LogP contribution in [0.25, 0.3) is 5.65 Å². The molecule has 0 saturated carbocycles. The van der Waals surface area contributed by atoms with Gasteiger partial charge in [0.1, 0.15) is 5.69 Å². The maximum atomic E-state index is 13.4. The molecule has 1 amide bonds. The van der Waals surface area contributed by atoms with Crippen LogP contribution in [0.5, 0.6) is 0 Å². The number of amides is 1. The molecule has 1 saturated heterocycles. The van der Waals surface area contributed by atoms with E-state index in [1.807, 2.05) is 25.5 Å². The van der Waals surface area contributed by atoms with E-state index < -0.39 is 11.9 Å². The predicted octanol–water partition coefficient (Wildman–Crippen LogP) is 3.97. The lowest BCUT2D eigenvalue weighted by Gasteiger charge is -2.32. The fraction of sp³-hybridized carbons (Fsp3) is 0.545. The summed E-state index contributed by atoms with van der Waals surface area (Å²) in [4.78, 5) is 18.9. The highest BCUT2D eigenvalue weighted by Crippen LogP contribution is 2.32. The van der Waals surface area contributed by atoms with Gasteiger partial charge in [-0.3, -0.25) is 9.48 Å². The fourth-order valence-corrected chi connectivity index (χ4v) is 4.33. The third-order valence-corrected chi connectivity index (χ3v) is 6.34. The number of aryl methyl sites for hydroxylation is 3. The number of fused-ring (bicyclic) bond motifs is 1. The lowest BCUT2D eigenvalue weighted by atomic mass is 9.94. The summed E-state index contributed by atoms with van der Waals surface area (Å²) < 4.78 is 43.1. The Morgan fingerprint density at radius 1 is 1.16 bits per heavy atom. The molecule has 3 aromatic rings. The molecule has 0 bridgehead atoms. The first-order valence-corrected chi connectivity index (χ1v) is 10.8. The fourth-order valence-electron chi connectivity index (χ4n) is 4.33. The van der Waals surface area contributed by atoms with Crippen molar-refractivity contribution in [2.45, 2.75) is 65.6 Å². The van der Waals surface area contributed by atoms with E-state index in [1.54, 1.807) is 11.0 Å². The van der Waals surface area contributed by atoms with E-state index in [0.717, 1.165) is 40.4 Å². The monoisotopic (exact) mass is 448 g/mol. The van der Waals surface area contributed by atoms with Crippen LogP contribution in [0.15, 0.2) is 12.1 Å². The van der Waals surface area contributed by atoms with Gasteiger partial charge in [-0.15, -0.1) is 0 Å². The number of nitrogens with zero attached hydrogens (tertiary/aromatic N) is 6. The van der Waals surface area contributed by atoms with Crippen molar-refractivity contribution in [1.29, 1.82) is 0 Å². The Balaban J connectivity index is 1.49. The Labute approximate surface area is 184 Å². The van der Waals surface area contributed by atoms with Crippen molar-refractivity contribution in [1.82, 2.24) is 29.3 Å². The van der Waals surface area contributed by atoms with Crippen molar-refractivity contribution < 1.29 is 18.0 Å². The van der Waals surface area contributed by atoms with Crippen molar-refractivity contribution in [3.05, 3.63) is 46.2 Å². The maximum Gasteiger partial charge on any atom is 0.433 e. The number of likely N-dealkylation sites (tertiary alicyclic amines) is 1. The smallest absolute Gasteiger partial charge is 0.342 e. The van der Waals surface area contributed by atoms with Crippen LogP contribution in [-0.4, -0.2) is 48.3 Å². The van der Waals surface area contributed by atoms with E-state index in [0.29, 0.717) is 31.7 Å². The van der Waals surface area contributed by atoms with Gasteiger partial charge < -0.3 is 4.90 Å². The Kier molecular flexibility index (Phi) is 5.72. The lowest BCUT2D eigenvalue weighted by Crippen LogP contribution is -2.39. The van der Waals surface area contributed by atoms with E-state index in [4.69, 9.17) is 0 Å². The quantitative estimate of drug-likeness (QED) is 0.606. The summed E-state index contributed by atoms with van der Waals surface area (Å²) in [6.45, 7) is 9.08. The van der Waals surface area contributed by atoms with Crippen LogP contribution < -0.4 is 0 Å². The molecule has 0 radical (unpaired) electrons. The number of carbonyl (C=O) groups excluding carboxylic acids is 1. The highest BCUT2D eigenvalue weighted by molar-refractivity contribution is 5.76. The summed E-state index contributed by atoms with van der Waals surface area (Å²) in [5.74, 6) is -0.0969. The number of alkyl halides is 3. The zero-order valence-corrected chi connectivity index (χ0v) is 18.7. The summed E-state index contributed by atoms with van der Waals surface area (Å²) in [5.41, 5.74) is 3.31. The van der Waals surface area contributed by atoms with Crippen molar-refractivity contribution in [3.63, 3.8) is 0 Å². The second-order valence-corrected chi connectivity index (χ2v) is 8.57. The van der Waals surface area contributed by atoms with Crippen LogP contribution in [0.4, 0.5) is 13.2 Å². The molecular formula is C22H27F3N6O. The summed E-state index contributed by atoms with van der Waals surface area (Å²) in [6, 6.07) is 2.61. The number of rotatable bonds is 4. The average molecular weight is 448 g/mol. The molecule has 0 aromatic carbocycles. The Morgan fingerprint density at radius 2 is 1.91 bits per heavy atom. The molecule has 1 atom stereocenters. The third kappa shape index (κ3) is 4.22. The molecule has 1 aliphatic rings. The van der Waals surface area contributed by atoms with Crippen LogP contribution in [0.2, 0.25) is 0 Å². The minimum Gasteiger partial charge on any atom is -0.342 e. The molecule has 172 valence electrons. The third-order valence-electron chi connectivity index (χ3n) is 6.34. The summed E-state index contributed by atoms with van der Waals surface area (Å²) >= 11 is 0. The molecule has 0 N–H and O–H groups in total. The van der Waals surface area contributed by atoms with Crippen LogP contribution in [0.3, 0.4) is 0 Å². The Bertz CT molecular complexity index is 1160. The topological polar surface area (TPSA) is 68.3 Å². The molecule has 0 aliphatic carbocycles. The van der Waals surface area contributed by atoms with Crippen molar-refractivity contribution in [2.75, 3.05) is 13.1 Å². The number of piperidine rings is 1. The Hall–Kier alpha value is -2.91. The average Bonchev–Trinajstić information content (AvgIpc) is 3.27. The molecule has 4 rings (SSSR count). The molecule has 3 aromatic heterocycles. The van der Waals surface area contributed by atoms with Crippen molar-refractivity contribution >= 4 is 11.6 Å². The van der Waals surface area contributed by atoms with Gasteiger partial charge in [-0.1, -0.05) is 0 Å². The molecule has 0 spiro atoms. The predicted molar refractivity (Wildman–Crippen MR) is 112 cm³/mol. The van der Waals surface area contributed by atoms with E-state index in [-0.39, 0.29) is 23.2 Å². The molecule has 1 fully saturated rings. The number of aromatic nitrogens is 5. The van der Waals surface area contributed by atoms with Gasteiger partial charge >= 0.3 is 6.18 Å².